The maximum absolute atomic E-state index is 12.4. The van der Waals surface area contributed by atoms with Crippen molar-refractivity contribution in [1.29, 1.82) is 0 Å². The van der Waals surface area contributed by atoms with Crippen LogP contribution in [0.15, 0.2) is 54.7 Å². The molecule has 0 aliphatic carbocycles. The van der Waals surface area contributed by atoms with Crippen LogP contribution in [-0.4, -0.2) is 54.4 Å². The van der Waals surface area contributed by atoms with Crippen molar-refractivity contribution >= 4 is 5.91 Å². The molecule has 7 nitrogen and oxygen atoms in total. The van der Waals surface area contributed by atoms with E-state index in [2.05, 4.69) is 27.4 Å². The first-order chi connectivity index (χ1) is 14.7. The van der Waals surface area contributed by atoms with E-state index in [4.69, 9.17) is 9.47 Å². The predicted molar refractivity (Wildman–Crippen MR) is 114 cm³/mol. The van der Waals surface area contributed by atoms with Crippen LogP contribution in [0.25, 0.3) is 5.69 Å². The summed E-state index contributed by atoms with van der Waals surface area (Å²) in [5, 5.41) is 7.35. The molecule has 4 rings (SSSR count). The Balaban J connectivity index is 1.31. The molecule has 1 aliphatic rings. The number of amides is 1. The monoisotopic (exact) mass is 406 g/mol. The third-order valence-corrected chi connectivity index (χ3v) is 5.35. The second-order valence-electron chi connectivity index (χ2n) is 7.24. The number of nitrogens with one attached hydrogen (secondary N) is 1. The van der Waals surface area contributed by atoms with Gasteiger partial charge in [0.05, 0.1) is 19.9 Å². The fraction of sp³-hybridized carbons (Fsp3) is 0.304. The van der Waals surface area contributed by atoms with E-state index in [1.165, 1.54) is 11.1 Å². The van der Waals surface area contributed by atoms with Gasteiger partial charge in [-0.1, -0.05) is 18.2 Å². The zero-order valence-electron chi connectivity index (χ0n) is 17.3. The van der Waals surface area contributed by atoms with Gasteiger partial charge in [-0.15, -0.1) is 0 Å². The van der Waals surface area contributed by atoms with E-state index in [0.717, 1.165) is 43.2 Å². The maximum atomic E-state index is 12.4. The molecular weight excluding hydrogens is 380 g/mol. The third-order valence-electron chi connectivity index (χ3n) is 5.35. The third kappa shape index (κ3) is 4.31. The van der Waals surface area contributed by atoms with Crippen LogP contribution in [0.2, 0.25) is 0 Å². The number of aromatic nitrogens is 2. The van der Waals surface area contributed by atoms with Crippen LogP contribution in [0.3, 0.4) is 0 Å². The van der Waals surface area contributed by atoms with Crippen molar-refractivity contribution < 1.29 is 14.3 Å². The lowest BCUT2D eigenvalue weighted by Crippen LogP contribution is -2.38. The molecule has 0 saturated carbocycles. The summed E-state index contributed by atoms with van der Waals surface area (Å²) in [7, 11) is 3.31. The van der Waals surface area contributed by atoms with Crippen LogP contribution in [0.4, 0.5) is 0 Å². The molecule has 1 N–H and O–H groups in total. The summed E-state index contributed by atoms with van der Waals surface area (Å²) in [5.74, 6) is 1.36. The Labute approximate surface area is 176 Å². The summed E-state index contributed by atoms with van der Waals surface area (Å²) < 4.78 is 12.5. The number of carbonyl (C=O) groups is 1. The van der Waals surface area contributed by atoms with Crippen molar-refractivity contribution in [1.82, 2.24) is 20.0 Å². The fourth-order valence-electron chi connectivity index (χ4n) is 3.72. The number of nitrogens with zero attached hydrogens (tertiary/aromatic N) is 3. The Morgan fingerprint density at radius 2 is 1.80 bits per heavy atom. The van der Waals surface area contributed by atoms with Crippen LogP contribution in [0.1, 0.15) is 21.6 Å². The number of hydrogen-bond acceptors (Lipinski definition) is 5. The lowest BCUT2D eigenvalue weighted by molar-refractivity contribution is 0.0942. The smallest absolute Gasteiger partial charge is 0.271 e. The Morgan fingerprint density at radius 1 is 1.07 bits per heavy atom. The summed E-state index contributed by atoms with van der Waals surface area (Å²) in [6.07, 6.45) is 2.75. The van der Waals surface area contributed by atoms with Gasteiger partial charge in [0.1, 0.15) is 0 Å². The van der Waals surface area contributed by atoms with Crippen LogP contribution in [0, 0.1) is 0 Å². The quantitative estimate of drug-likeness (QED) is 0.653. The van der Waals surface area contributed by atoms with Crippen LogP contribution >= 0.6 is 0 Å². The molecule has 0 unspecified atom stereocenters. The molecule has 1 amide bonds. The number of rotatable bonds is 7. The molecule has 2 aromatic carbocycles. The van der Waals surface area contributed by atoms with Gasteiger partial charge >= 0.3 is 0 Å². The minimum Gasteiger partial charge on any atom is -0.493 e. The molecule has 0 radical (unpaired) electrons. The largest absolute Gasteiger partial charge is 0.493 e. The summed E-state index contributed by atoms with van der Waals surface area (Å²) in [6, 6.07) is 15.6. The molecule has 0 spiro atoms. The van der Waals surface area contributed by atoms with Gasteiger partial charge < -0.3 is 14.8 Å². The van der Waals surface area contributed by atoms with Gasteiger partial charge in [0.25, 0.3) is 5.91 Å². The number of hydrogen-bond donors (Lipinski definition) is 1. The van der Waals surface area contributed by atoms with Crippen LogP contribution in [0.5, 0.6) is 11.5 Å². The van der Waals surface area contributed by atoms with E-state index in [1.54, 1.807) is 31.2 Å². The molecule has 1 aliphatic heterocycles. The highest BCUT2D eigenvalue weighted by Gasteiger charge is 2.19. The molecule has 7 heteroatoms. The second-order valence-corrected chi connectivity index (χ2v) is 7.24. The Morgan fingerprint density at radius 3 is 2.53 bits per heavy atom. The average Bonchev–Trinajstić information content (AvgIpc) is 3.29. The summed E-state index contributed by atoms with van der Waals surface area (Å²) in [4.78, 5) is 14.8. The minimum atomic E-state index is -0.159. The summed E-state index contributed by atoms with van der Waals surface area (Å²) in [6.45, 7) is 3.12. The Hall–Kier alpha value is -3.32. The highest BCUT2D eigenvalue weighted by atomic mass is 16.5. The highest BCUT2D eigenvalue weighted by Crippen LogP contribution is 2.33. The molecule has 156 valence electrons. The van der Waals surface area contributed by atoms with Crippen molar-refractivity contribution in [2.45, 2.75) is 13.0 Å². The first kappa shape index (κ1) is 20.0. The number of para-hydroxylation sites is 1. The zero-order chi connectivity index (χ0) is 20.9. The number of carbonyl (C=O) groups excluding carboxylic acids is 1. The Bertz CT molecular complexity index is 1020. The van der Waals surface area contributed by atoms with Crippen molar-refractivity contribution in [3.05, 3.63) is 71.5 Å². The summed E-state index contributed by atoms with van der Waals surface area (Å²) >= 11 is 0. The van der Waals surface area contributed by atoms with E-state index in [1.807, 2.05) is 30.3 Å². The van der Waals surface area contributed by atoms with Gasteiger partial charge in [0.2, 0.25) is 0 Å². The molecule has 1 aromatic heterocycles. The molecule has 3 aromatic rings. The molecule has 0 atom stereocenters. The Kier molecular flexibility index (Phi) is 5.99. The number of ether oxygens (including phenoxy) is 2. The van der Waals surface area contributed by atoms with E-state index in [9.17, 15) is 4.79 Å². The van der Waals surface area contributed by atoms with Crippen LogP contribution in [-0.2, 0) is 13.0 Å². The van der Waals surface area contributed by atoms with E-state index >= 15 is 0 Å². The van der Waals surface area contributed by atoms with Crippen molar-refractivity contribution in [2.75, 3.05) is 33.9 Å². The number of benzene rings is 2. The molecular formula is C23H26N4O3. The maximum Gasteiger partial charge on any atom is 0.271 e. The van der Waals surface area contributed by atoms with E-state index < -0.39 is 0 Å². The number of fused-ring (bicyclic) bond motifs is 1. The van der Waals surface area contributed by atoms with Gasteiger partial charge in [0, 0.05) is 32.4 Å². The first-order valence-corrected chi connectivity index (χ1v) is 10.0. The lowest BCUT2D eigenvalue weighted by Gasteiger charge is -2.29. The average molecular weight is 406 g/mol. The molecule has 0 fully saturated rings. The van der Waals surface area contributed by atoms with Gasteiger partial charge in [-0.3, -0.25) is 9.69 Å². The number of methoxy groups -OCH3 is 2. The lowest BCUT2D eigenvalue weighted by atomic mass is 9.99. The first-order valence-electron chi connectivity index (χ1n) is 10.0. The predicted octanol–water partition coefficient (Wildman–Crippen LogP) is 2.68. The molecule has 2 heterocycles. The van der Waals surface area contributed by atoms with Crippen molar-refractivity contribution in [3.63, 3.8) is 0 Å². The topological polar surface area (TPSA) is 68.6 Å². The van der Waals surface area contributed by atoms with Gasteiger partial charge in [-0.2, -0.15) is 5.10 Å². The zero-order valence-corrected chi connectivity index (χ0v) is 17.3. The summed E-state index contributed by atoms with van der Waals surface area (Å²) in [5.41, 5.74) is 3.88. The molecule has 0 saturated heterocycles. The fourth-order valence-corrected chi connectivity index (χ4v) is 3.72. The highest BCUT2D eigenvalue weighted by molar-refractivity contribution is 5.92. The second kappa shape index (κ2) is 9.00. The van der Waals surface area contributed by atoms with Crippen molar-refractivity contribution in [3.8, 4) is 17.2 Å². The standard InChI is InChI=1S/C23H26N4O3/c1-29-21-14-17-8-11-26(16-18(17)15-22(21)30-2)13-10-24-23(28)20-9-12-27(25-20)19-6-4-3-5-7-19/h3-7,9,12,14-15H,8,10-11,13,16H2,1-2H3,(H,24,28). The normalized spacial score (nSPS) is 13.5. The minimum absolute atomic E-state index is 0.159. The van der Waals surface area contributed by atoms with Gasteiger partial charge in [-0.25, -0.2) is 4.68 Å². The molecule has 0 bridgehead atoms. The van der Waals surface area contributed by atoms with E-state index in [-0.39, 0.29) is 5.91 Å². The van der Waals surface area contributed by atoms with Gasteiger partial charge in [-0.05, 0) is 47.9 Å². The van der Waals surface area contributed by atoms with Gasteiger partial charge in [0.15, 0.2) is 17.2 Å². The van der Waals surface area contributed by atoms with Crippen molar-refractivity contribution in [2.24, 2.45) is 0 Å². The van der Waals surface area contributed by atoms with E-state index in [0.29, 0.717) is 12.2 Å². The SMILES string of the molecule is COc1cc2c(cc1OC)CN(CCNC(=O)c1ccn(-c3ccccc3)n1)CC2. The molecule has 30 heavy (non-hydrogen) atoms. The van der Waals surface area contributed by atoms with Crippen LogP contribution < -0.4 is 14.8 Å².